The van der Waals surface area contributed by atoms with Gasteiger partial charge in [0.2, 0.25) is 0 Å². The van der Waals surface area contributed by atoms with Crippen molar-refractivity contribution >= 4 is 35.1 Å². The molecule has 0 unspecified atom stereocenters. The van der Waals surface area contributed by atoms with Gasteiger partial charge in [0.25, 0.3) is 11.5 Å². The first kappa shape index (κ1) is 28.6. The zero-order valence-electron chi connectivity index (χ0n) is 22.6. The maximum absolute atomic E-state index is 12.5. The molecule has 7 N–H and O–H groups in total. The van der Waals surface area contributed by atoms with Crippen molar-refractivity contribution in [1.82, 2.24) is 44.7 Å². The molecule has 4 aromatic heterocycles. The standard InChI is InChI=1S/C26H30ClN13O2/c27-22-24(29)34-23(28)21(33-22)25(42)35-26(30)32-17-6-9-38(10-7-17)11-16-4-5-20(41)39(12-16)13-19-15-40(37-36-19)14-18-3-1-2-8-31-18/h1-5,8,12,15,17H,6-7,9-11,13-14H2,(H4,28,29,34)(H3,30,32,35,42). The molecule has 1 aliphatic rings. The van der Waals surface area contributed by atoms with Gasteiger partial charge in [-0.15, -0.1) is 5.10 Å². The van der Waals surface area contributed by atoms with E-state index >= 15 is 0 Å². The zero-order valence-corrected chi connectivity index (χ0v) is 23.4. The first-order valence-electron chi connectivity index (χ1n) is 13.2. The van der Waals surface area contributed by atoms with Gasteiger partial charge in [0.1, 0.15) is 5.69 Å². The van der Waals surface area contributed by atoms with Crippen LogP contribution >= 0.6 is 11.6 Å². The Morgan fingerprint density at radius 3 is 2.60 bits per heavy atom. The summed E-state index contributed by atoms with van der Waals surface area (Å²) in [6.45, 7) is 3.02. The summed E-state index contributed by atoms with van der Waals surface area (Å²) in [4.78, 5) is 43.7. The van der Waals surface area contributed by atoms with Crippen LogP contribution in [0.4, 0.5) is 11.6 Å². The van der Waals surface area contributed by atoms with Crippen molar-refractivity contribution in [3.05, 3.63) is 87.1 Å². The van der Waals surface area contributed by atoms with Crippen molar-refractivity contribution in [2.45, 2.75) is 38.5 Å². The van der Waals surface area contributed by atoms with Gasteiger partial charge >= 0.3 is 0 Å². The fourth-order valence-corrected chi connectivity index (χ4v) is 4.72. The maximum Gasteiger partial charge on any atom is 0.280 e. The highest BCUT2D eigenvalue weighted by atomic mass is 35.5. The zero-order chi connectivity index (χ0) is 29.6. The lowest BCUT2D eigenvalue weighted by atomic mass is 10.1. The molecule has 0 saturated carbocycles. The molecule has 5 rings (SSSR count). The second-order valence-electron chi connectivity index (χ2n) is 9.84. The molecule has 0 radical (unpaired) electrons. The Bertz CT molecular complexity index is 1650. The van der Waals surface area contributed by atoms with Crippen LogP contribution in [0.15, 0.2) is 58.7 Å². The largest absolute Gasteiger partial charge is 0.382 e. The van der Waals surface area contributed by atoms with E-state index in [9.17, 15) is 9.59 Å². The van der Waals surface area contributed by atoms with Crippen molar-refractivity contribution < 1.29 is 4.79 Å². The topological polar surface area (TPSA) is 214 Å². The number of nitrogen functional groups attached to an aromatic ring is 2. The highest BCUT2D eigenvalue weighted by Crippen LogP contribution is 2.18. The molecule has 0 aromatic carbocycles. The number of piperidine rings is 1. The number of hydrogen-bond acceptors (Lipinski definition) is 11. The number of carbonyl (C=O) groups excluding carboxylic acids is 1. The summed E-state index contributed by atoms with van der Waals surface area (Å²) in [5.74, 6) is -0.948. The number of anilines is 2. The molecule has 5 heterocycles. The monoisotopic (exact) mass is 591 g/mol. The van der Waals surface area contributed by atoms with E-state index in [0.29, 0.717) is 25.3 Å². The van der Waals surface area contributed by atoms with Gasteiger partial charge in [-0.1, -0.05) is 28.9 Å². The third kappa shape index (κ3) is 7.24. The summed E-state index contributed by atoms with van der Waals surface area (Å²) in [7, 11) is 0. The summed E-state index contributed by atoms with van der Waals surface area (Å²) < 4.78 is 3.34. The number of nitrogens with one attached hydrogen (secondary N) is 1. The average molecular weight is 592 g/mol. The predicted molar refractivity (Wildman–Crippen MR) is 156 cm³/mol. The van der Waals surface area contributed by atoms with Crippen molar-refractivity contribution in [1.29, 1.82) is 0 Å². The van der Waals surface area contributed by atoms with Crippen molar-refractivity contribution in [3.63, 3.8) is 0 Å². The van der Waals surface area contributed by atoms with Crippen LogP contribution in [0.1, 0.15) is 40.3 Å². The first-order valence-corrected chi connectivity index (χ1v) is 13.5. The number of likely N-dealkylation sites (tertiary alicyclic amines) is 1. The quantitative estimate of drug-likeness (QED) is 0.161. The lowest BCUT2D eigenvalue weighted by molar-refractivity contribution is 0.0972. The van der Waals surface area contributed by atoms with E-state index in [-0.39, 0.29) is 40.0 Å². The molecule has 0 spiro atoms. The van der Waals surface area contributed by atoms with Gasteiger partial charge in [-0.3, -0.25) is 24.8 Å². The Kier molecular flexibility index (Phi) is 8.68. The van der Waals surface area contributed by atoms with Crippen LogP contribution in [0.2, 0.25) is 5.15 Å². The number of amides is 1. The molecule has 4 aromatic rings. The second kappa shape index (κ2) is 12.7. The van der Waals surface area contributed by atoms with Crippen LogP contribution in [0.5, 0.6) is 0 Å². The molecule has 0 bridgehead atoms. The summed E-state index contributed by atoms with van der Waals surface area (Å²) >= 11 is 5.85. The number of guanidine groups is 1. The van der Waals surface area contributed by atoms with E-state index in [1.165, 1.54) is 0 Å². The van der Waals surface area contributed by atoms with E-state index in [0.717, 1.165) is 37.2 Å². The minimum Gasteiger partial charge on any atom is -0.382 e. The third-order valence-corrected chi connectivity index (χ3v) is 6.94. The van der Waals surface area contributed by atoms with Crippen molar-refractivity contribution in [2.75, 3.05) is 24.6 Å². The molecule has 1 amide bonds. The number of pyridine rings is 2. The maximum atomic E-state index is 12.5. The van der Waals surface area contributed by atoms with Gasteiger partial charge in [-0.2, -0.15) is 0 Å². The fraction of sp³-hybridized carbons (Fsp3) is 0.308. The molecule has 1 fully saturated rings. The van der Waals surface area contributed by atoms with Gasteiger partial charge in [-0.25, -0.2) is 19.6 Å². The Labute approximate surface area is 245 Å². The smallest absolute Gasteiger partial charge is 0.280 e. The number of nitrogens with two attached hydrogens (primary N) is 3. The number of nitrogens with zero attached hydrogens (tertiary/aromatic N) is 9. The van der Waals surface area contributed by atoms with Gasteiger partial charge in [0, 0.05) is 38.1 Å². The van der Waals surface area contributed by atoms with E-state index in [4.69, 9.17) is 28.8 Å². The molecule has 218 valence electrons. The SMILES string of the molecule is NC(=NC1CCN(Cc2ccc(=O)n(Cc3cn(Cc4ccccn4)nn3)c2)CC1)NC(=O)c1nc(Cl)c(N)nc1N. The number of hydrogen-bond donors (Lipinski definition) is 4. The summed E-state index contributed by atoms with van der Waals surface area (Å²) in [6.07, 6.45) is 6.89. The predicted octanol–water partition coefficient (Wildman–Crippen LogP) is 0.248. The van der Waals surface area contributed by atoms with Gasteiger partial charge in [0.05, 0.1) is 31.0 Å². The van der Waals surface area contributed by atoms with Crippen molar-refractivity contribution in [3.8, 4) is 0 Å². The Morgan fingerprint density at radius 2 is 1.83 bits per heavy atom. The van der Waals surface area contributed by atoms with Gasteiger partial charge < -0.3 is 21.8 Å². The molecule has 15 nitrogen and oxygen atoms in total. The molecular weight excluding hydrogens is 562 g/mol. The molecule has 1 aliphatic heterocycles. The Hall–Kier alpha value is -4.89. The second-order valence-corrected chi connectivity index (χ2v) is 10.2. The van der Waals surface area contributed by atoms with E-state index in [2.05, 4.69) is 40.5 Å². The molecular formula is C26H30ClN13O2. The third-order valence-electron chi connectivity index (χ3n) is 6.66. The molecule has 42 heavy (non-hydrogen) atoms. The number of halogens is 1. The Balaban J connectivity index is 1.13. The summed E-state index contributed by atoms with van der Waals surface area (Å²) in [5, 5.41) is 10.7. The number of carbonyl (C=O) groups is 1. The molecule has 1 saturated heterocycles. The van der Waals surface area contributed by atoms with Crippen LogP contribution in [0.3, 0.4) is 0 Å². The molecule has 0 aliphatic carbocycles. The van der Waals surface area contributed by atoms with Crippen LogP contribution < -0.4 is 28.1 Å². The van der Waals surface area contributed by atoms with Crippen molar-refractivity contribution in [2.24, 2.45) is 10.7 Å². The Morgan fingerprint density at radius 1 is 1.02 bits per heavy atom. The lowest BCUT2D eigenvalue weighted by Crippen LogP contribution is -2.41. The van der Waals surface area contributed by atoms with Gasteiger partial charge in [-0.05, 0) is 30.5 Å². The van der Waals surface area contributed by atoms with Crippen LogP contribution in [0, 0.1) is 0 Å². The van der Waals surface area contributed by atoms with E-state index in [1.807, 2.05) is 36.7 Å². The lowest BCUT2D eigenvalue weighted by Gasteiger charge is -2.30. The molecule has 16 heteroatoms. The average Bonchev–Trinajstić information content (AvgIpc) is 3.40. The number of aliphatic imine (C=N–C) groups is 1. The van der Waals surface area contributed by atoms with E-state index in [1.54, 1.807) is 21.5 Å². The number of rotatable bonds is 8. The minimum absolute atomic E-state index is 0.0448. The van der Waals surface area contributed by atoms with Crippen LogP contribution in [0.25, 0.3) is 0 Å². The normalized spacial score (nSPS) is 14.6. The first-order chi connectivity index (χ1) is 20.2. The summed E-state index contributed by atoms with van der Waals surface area (Å²) in [5.41, 5.74) is 19.5. The van der Waals surface area contributed by atoms with Crippen LogP contribution in [-0.2, 0) is 19.6 Å². The molecule has 0 atom stereocenters. The number of aromatic nitrogens is 7. The summed E-state index contributed by atoms with van der Waals surface area (Å²) in [6, 6.07) is 9.04. The van der Waals surface area contributed by atoms with Crippen LogP contribution in [-0.4, -0.2) is 70.4 Å². The van der Waals surface area contributed by atoms with Gasteiger partial charge in [0.15, 0.2) is 28.4 Å². The minimum atomic E-state index is -0.675. The fourth-order valence-electron chi connectivity index (χ4n) is 4.60. The highest BCUT2D eigenvalue weighted by molar-refractivity contribution is 6.31. The van der Waals surface area contributed by atoms with E-state index < -0.39 is 5.91 Å². The highest BCUT2D eigenvalue weighted by Gasteiger charge is 2.21.